The minimum absolute atomic E-state index is 0.184. The zero-order chi connectivity index (χ0) is 27.8. The van der Waals surface area contributed by atoms with E-state index < -0.39 is 35.5 Å². The van der Waals surface area contributed by atoms with Crippen LogP contribution in [0.5, 0.6) is 0 Å². The van der Waals surface area contributed by atoms with Crippen molar-refractivity contribution >= 4 is 35.0 Å². The van der Waals surface area contributed by atoms with E-state index in [0.717, 1.165) is 12.8 Å². The number of unbranched alkanes of at least 4 members (excludes halogenated alkanes) is 9. The number of hydrogen-bond donors (Lipinski definition) is 1. The summed E-state index contributed by atoms with van der Waals surface area (Å²) in [5, 5.41) is 3.47. The zero-order valence-corrected chi connectivity index (χ0v) is 25.1. The van der Waals surface area contributed by atoms with Crippen molar-refractivity contribution in [1.29, 1.82) is 0 Å². The van der Waals surface area contributed by atoms with E-state index in [0.29, 0.717) is 22.3 Å². The third kappa shape index (κ3) is 8.21. The molecule has 1 unspecified atom stereocenters. The first-order valence-corrected chi connectivity index (χ1v) is 14.9. The van der Waals surface area contributed by atoms with Crippen molar-refractivity contribution in [2.75, 3.05) is 18.5 Å². The Morgan fingerprint density at radius 2 is 1.61 bits per heavy atom. The Morgan fingerprint density at radius 1 is 0.974 bits per heavy atom. The first-order valence-electron chi connectivity index (χ1n) is 14.1. The highest BCUT2D eigenvalue weighted by Gasteiger charge is 2.71. The summed E-state index contributed by atoms with van der Waals surface area (Å²) in [6, 6.07) is 4.81. The molecule has 2 heterocycles. The maximum Gasteiger partial charge on any atom is 0.412 e. The minimum atomic E-state index is -1.18. The number of ether oxygens (including phenoxy) is 5. The standard InChI is InChI=1S/C29H45Cl2NO6/c1-6-7-8-9-10-11-12-13-14-15-18-34-20-29-25(36-27(3,4)38-29)28(5,21(2)35-29)37-26(33)32-24-19-22(30)16-17-23(24)31/h16-17,19,21,25H,6-15,18,20H2,1-5H3,(H,32,33)/t21-,25-,28?,29-/m0/s1. The normalized spacial score (nSPS) is 27.9. The van der Waals surface area contributed by atoms with Crippen molar-refractivity contribution < 1.29 is 28.5 Å². The molecule has 0 aromatic heterocycles. The van der Waals surface area contributed by atoms with Crippen LogP contribution in [0.25, 0.3) is 0 Å². The Morgan fingerprint density at radius 3 is 2.26 bits per heavy atom. The maximum atomic E-state index is 12.9. The van der Waals surface area contributed by atoms with Gasteiger partial charge in [-0.15, -0.1) is 0 Å². The van der Waals surface area contributed by atoms with Gasteiger partial charge in [0.25, 0.3) is 0 Å². The molecule has 0 bridgehead atoms. The highest BCUT2D eigenvalue weighted by Crippen LogP contribution is 2.51. The van der Waals surface area contributed by atoms with Crippen LogP contribution < -0.4 is 5.32 Å². The predicted molar refractivity (Wildman–Crippen MR) is 151 cm³/mol. The molecule has 2 saturated heterocycles. The number of carbonyl (C=O) groups is 1. The summed E-state index contributed by atoms with van der Waals surface area (Å²) in [6.45, 7) is 10.3. The predicted octanol–water partition coefficient (Wildman–Crippen LogP) is 8.50. The fraction of sp³-hybridized carbons (Fsp3) is 0.759. The second-order valence-corrected chi connectivity index (χ2v) is 12.0. The van der Waals surface area contributed by atoms with Crippen molar-refractivity contribution in [2.24, 2.45) is 0 Å². The first-order chi connectivity index (χ1) is 18.0. The van der Waals surface area contributed by atoms with Crippen LogP contribution in [0.4, 0.5) is 10.5 Å². The largest absolute Gasteiger partial charge is 0.437 e. The summed E-state index contributed by atoms with van der Waals surface area (Å²) in [5.74, 6) is -2.10. The summed E-state index contributed by atoms with van der Waals surface area (Å²) in [7, 11) is 0. The lowest BCUT2D eigenvalue weighted by molar-refractivity contribution is -0.278. The monoisotopic (exact) mass is 573 g/mol. The number of halogens is 2. The molecule has 38 heavy (non-hydrogen) atoms. The number of amides is 1. The lowest BCUT2D eigenvalue weighted by Gasteiger charge is -2.33. The van der Waals surface area contributed by atoms with Crippen molar-refractivity contribution in [2.45, 2.75) is 128 Å². The second-order valence-electron chi connectivity index (χ2n) is 11.1. The number of carbonyl (C=O) groups excluding carboxylic acids is 1. The smallest absolute Gasteiger partial charge is 0.412 e. The Labute approximate surface area is 238 Å². The number of nitrogens with one attached hydrogen (secondary N) is 1. The number of hydrogen-bond acceptors (Lipinski definition) is 6. The quantitative estimate of drug-likeness (QED) is 0.212. The first kappa shape index (κ1) is 31.4. The van der Waals surface area contributed by atoms with E-state index in [1.165, 1.54) is 51.4 Å². The Bertz CT molecular complexity index is 915. The van der Waals surface area contributed by atoms with Crippen LogP contribution in [0.2, 0.25) is 10.0 Å². The number of fused-ring (bicyclic) bond motifs is 1. The van der Waals surface area contributed by atoms with Gasteiger partial charge in [0.1, 0.15) is 12.7 Å². The topological polar surface area (TPSA) is 75.3 Å². The fourth-order valence-electron chi connectivity index (χ4n) is 5.25. The van der Waals surface area contributed by atoms with E-state index in [2.05, 4.69) is 12.2 Å². The molecular weight excluding hydrogens is 529 g/mol. The van der Waals surface area contributed by atoms with E-state index in [-0.39, 0.29) is 6.61 Å². The van der Waals surface area contributed by atoms with Crippen molar-refractivity contribution in [3.05, 3.63) is 28.2 Å². The number of anilines is 1. The molecule has 2 aliphatic heterocycles. The van der Waals surface area contributed by atoms with Gasteiger partial charge in [0.05, 0.1) is 10.7 Å². The van der Waals surface area contributed by atoms with E-state index in [4.69, 9.17) is 46.9 Å². The van der Waals surface area contributed by atoms with E-state index in [9.17, 15) is 4.79 Å². The Hall–Kier alpha value is -1.09. The SMILES string of the molecule is CCCCCCCCCCCCOC[C@@]12O[C@@H](C)C(C)(OC(=O)Nc3cc(Cl)ccc3Cl)[C@@H]1OC(C)(C)O2. The van der Waals surface area contributed by atoms with Gasteiger partial charge in [0.15, 0.2) is 17.5 Å². The summed E-state index contributed by atoms with van der Waals surface area (Å²) in [4.78, 5) is 12.9. The molecule has 0 radical (unpaired) electrons. The third-order valence-electron chi connectivity index (χ3n) is 7.35. The molecule has 7 nitrogen and oxygen atoms in total. The Kier molecular flexibility index (Phi) is 11.6. The molecule has 216 valence electrons. The van der Waals surface area contributed by atoms with Gasteiger partial charge in [-0.3, -0.25) is 5.32 Å². The molecule has 0 spiro atoms. The average Bonchev–Trinajstić information content (AvgIpc) is 3.21. The second kappa shape index (κ2) is 14.0. The maximum absolute atomic E-state index is 12.9. The molecular formula is C29H45Cl2NO6. The van der Waals surface area contributed by atoms with Gasteiger partial charge < -0.3 is 23.7 Å². The van der Waals surface area contributed by atoms with Gasteiger partial charge >= 0.3 is 6.09 Å². The molecule has 1 amide bonds. The van der Waals surface area contributed by atoms with Crippen molar-refractivity contribution in [3.8, 4) is 0 Å². The molecule has 1 aromatic rings. The molecule has 2 fully saturated rings. The van der Waals surface area contributed by atoms with Crippen LogP contribution in [0, 0.1) is 0 Å². The van der Waals surface area contributed by atoms with Crippen molar-refractivity contribution in [3.63, 3.8) is 0 Å². The summed E-state index contributed by atoms with van der Waals surface area (Å²) >= 11 is 12.2. The Balaban J connectivity index is 1.49. The molecule has 1 N–H and O–H groups in total. The number of benzene rings is 1. The summed E-state index contributed by atoms with van der Waals surface area (Å²) in [5.41, 5.74) is -0.780. The molecule has 9 heteroatoms. The fourth-order valence-corrected chi connectivity index (χ4v) is 5.58. The molecule has 2 aliphatic rings. The molecule has 3 rings (SSSR count). The zero-order valence-electron chi connectivity index (χ0n) is 23.6. The van der Waals surface area contributed by atoms with Gasteiger partial charge in [-0.2, -0.15) is 0 Å². The number of rotatable bonds is 15. The van der Waals surface area contributed by atoms with E-state index in [1.54, 1.807) is 25.1 Å². The van der Waals surface area contributed by atoms with Crippen LogP contribution in [-0.4, -0.2) is 48.7 Å². The molecule has 4 atom stereocenters. The molecule has 1 aromatic carbocycles. The van der Waals surface area contributed by atoms with Crippen LogP contribution in [-0.2, 0) is 23.7 Å². The van der Waals surface area contributed by atoms with Crippen molar-refractivity contribution in [1.82, 2.24) is 0 Å². The van der Waals surface area contributed by atoms with Crippen LogP contribution >= 0.6 is 23.2 Å². The highest BCUT2D eigenvalue weighted by molar-refractivity contribution is 6.35. The van der Waals surface area contributed by atoms with E-state index >= 15 is 0 Å². The van der Waals surface area contributed by atoms with Gasteiger partial charge in [-0.25, -0.2) is 4.79 Å². The highest BCUT2D eigenvalue weighted by atomic mass is 35.5. The summed E-state index contributed by atoms with van der Waals surface area (Å²) < 4.78 is 30.7. The van der Waals surface area contributed by atoms with Crippen LogP contribution in [0.1, 0.15) is 98.8 Å². The molecule has 0 aliphatic carbocycles. The van der Waals surface area contributed by atoms with Gasteiger partial charge in [-0.1, -0.05) is 87.9 Å². The molecule has 0 saturated carbocycles. The van der Waals surface area contributed by atoms with Gasteiger partial charge in [0, 0.05) is 11.6 Å². The van der Waals surface area contributed by atoms with Gasteiger partial charge in [0.2, 0.25) is 5.79 Å². The van der Waals surface area contributed by atoms with Gasteiger partial charge in [-0.05, 0) is 52.3 Å². The average molecular weight is 575 g/mol. The lowest BCUT2D eigenvalue weighted by Crippen LogP contribution is -2.53. The van der Waals surface area contributed by atoms with Crippen LogP contribution in [0.3, 0.4) is 0 Å². The van der Waals surface area contributed by atoms with Crippen LogP contribution in [0.15, 0.2) is 18.2 Å². The summed E-state index contributed by atoms with van der Waals surface area (Å²) in [6.07, 6.45) is 10.8. The third-order valence-corrected chi connectivity index (χ3v) is 7.91. The minimum Gasteiger partial charge on any atom is -0.437 e. The van der Waals surface area contributed by atoms with E-state index in [1.807, 2.05) is 20.8 Å². The lowest BCUT2D eigenvalue weighted by atomic mass is 9.92.